The summed E-state index contributed by atoms with van der Waals surface area (Å²) < 4.78 is 5.23. The second-order valence-corrected chi connectivity index (χ2v) is 6.66. The van der Waals surface area contributed by atoms with Gasteiger partial charge >= 0.3 is 0 Å². The average molecular weight is 330 g/mol. The predicted octanol–water partition coefficient (Wildman–Crippen LogP) is 2.82. The molecule has 0 aliphatic rings. The van der Waals surface area contributed by atoms with Gasteiger partial charge in [-0.1, -0.05) is 25.9 Å². The van der Waals surface area contributed by atoms with E-state index in [-0.39, 0.29) is 17.2 Å². The van der Waals surface area contributed by atoms with Crippen LogP contribution in [-0.4, -0.2) is 22.0 Å². The third-order valence-corrected chi connectivity index (χ3v) is 3.30. The van der Waals surface area contributed by atoms with Crippen LogP contribution < -0.4 is 10.6 Å². The lowest BCUT2D eigenvalue weighted by molar-refractivity contribution is -0.114. The minimum Gasteiger partial charge on any atom is -0.341 e. The van der Waals surface area contributed by atoms with Gasteiger partial charge in [-0.25, -0.2) is 0 Å². The summed E-state index contributed by atoms with van der Waals surface area (Å²) in [5, 5.41) is 9.42. The van der Waals surface area contributed by atoms with Crippen LogP contribution in [0.2, 0.25) is 0 Å². The van der Waals surface area contributed by atoms with Crippen LogP contribution >= 0.6 is 0 Å². The second-order valence-electron chi connectivity index (χ2n) is 6.66. The van der Waals surface area contributed by atoms with Gasteiger partial charge in [-0.3, -0.25) is 9.59 Å². The minimum absolute atomic E-state index is 0.160. The fraction of sp³-hybridized carbons (Fsp3) is 0.412. The van der Waals surface area contributed by atoms with Crippen molar-refractivity contribution >= 4 is 17.5 Å². The molecule has 2 N–H and O–H groups in total. The molecule has 2 amide bonds. The zero-order valence-electron chi connectivity index (χ0n) is 14.5. The van der Waals surface area contributed by atoms with Crippen LogP contribution in [0.3, 0.4) is 0 Å². The molecule has 7 heteroatoms. The van der Waals surface area contributed by atoms with E-state index in [9.17, 15) is 9.59 Å². The lowest BCUT2D eigenvalue weighted by Gasteiger charge is -2.12. The molecule has 1 atom stereocenters. The van der Waals surface area contributed by atoms with Crippen molar-refractivity contribution in [2.24, 2.45) is 0 Å². The van der Waals surface area contributed by atoms with Gasteiger partial charge in [0, 0.05) is 23.6 Å². The smallest absolute Gasteiger partial charge is 0.251 e. The molecule has 128 valence electrons. The van der Waals surface area contributed by atoms with Gasteiger partial charge in [-0.15, -0.1) is 0 Å². The summed E-state index contributed by atoms with van der Waals surface area (Å²) in [6, 6.07) is 6.22. The monoisotopic (exact) mass is 330 g/mol. The number of nitrogens with one attached hydrogen (secondary N) is 2. The molecule has 0 aliphatic carbocycles. The van der Waals surface area contributed by atoms with Crippen molar-refractivity contribution in [3.8, 4) is 0 Å². The third-order valence-electron chi connectivity index (χ3n) is 3.30. The van der Waals surface area contributed by atoms with E-state index in [0.717, 1.165) is 0 Å². The van der Waals surface area contributed by atoms with Gasteiger partial charge in [-0.05, 0) is 31.2 Å². The Balaban J connectivity index is 2.03. The Morgan fingerprint density at radius 1 is 1.17 bits per heavy atom. The summed E-state index contributed by atoms with van der Waals surface area (Å²) in [6.07, 6.45) is 0. The highest BCUT2D eigenvalue weighted by molar-refractivity contribution is 5.95. The highest BCUT2D eigenvalue weighted by Crippen LogP contribution is 2.21. The van der Waals surface area contributed by atoms with E-state index < -0.39 is 6.04 Å². The predicted molar refractivity (Wildman–Crippen MR) is 89.6 cm³/mol. The summed E-state index contributed by atoms with van der Waals surface area (Å²) in [5.41, 5.74) is 0.899. The first-order chi connectivity index (χ1) is 11.2. The summed E-state index contributed by atoms with van der Waals surface area (Å²) in [6.45, 7) is 9.17. The van der Waals surface area contributed by atoms with Crippen molar-refractivity contribution in [2.45, 2.75) is 46.1 Å². The molecule has 1 aromatic heterocycles. The molecule has 24 heavy (non-hydrogen) atoms. The Bertz CT molecular complexity index is 729. The average Bonchev–Trinajstić information content (AvgIpc) is 2.97. The fourth-order valence-electron chi connectivity index (χ4n) is 1.97. The van der Waals surface area contributed by atoms with Crippen LogP contribution in [0.1, 0.15) is 62.7 Å². The number of hydrogen-bond donors (Lipinski definition) is 2. The van der Waals surface area contributed by atoms with Crippen molar-refractivity contribution in [1.29, 1.82) is 0 Å². The van der Waals surface area contributed by atoms with Crippen LogP contribution in [0.4, 0.5) is 5.69 Å². The molecule has 0 saturated heterocycles. The Labute approximate surface area is 140 Å². The van der Waals surface area contributed by atoms with Crippen molar-refractivity contribution in [3.63, 3.8) is 0 Å². The first kappa shape index (κ1) is 17.7. The van der Waals surface area contributed by atoms with Gasteiger partial charge < -0.3 is 15.2 Å². The molecule has 0 bridgehead atoms. The molecule has 1 aromatic carbocycles. The largest absolute Gasteiger partial charge is 0.341 e. The minimum atomic E-state index is -0.406. The van der Waals surface area contributed by atoms with Gasteiger partial charge in [-0.2, -0.15) is 4.98 Å². The molecular formula is C17H22N4O3. The SMILES string of the molecule is CC(=O)Nc1ccc(C(=O)N[C@@H](C)c2nc(C(C)(C)C)no2)cc1. The lowest BCUT2D eigenvalue weighted by atomic mass is 9.96. The van der Waals surface area contributed by atoms with E-state index in [1.54, 1.807) is 31.2 Å². The van der Waals surface area contributed by atoms with Gasteiger partial charge in [0.2, 0.25) is 11.8 Å². The normalized spacial score (nSPS) is 12.5. The molecule has 0 saturated carbocycles. The van der Waals surface area contributed by atoms with Crippen LogP contribution in [0.15, 0.2) is 28.8 Å². The molecule has 0 spiro atoms. The number of anilines is 1. The first-order valence-corrected chi connectivity index (χ1v) is 7.69. The maximum absolute atomic E-state index is 12.3. The number of hydrogen-bond acceptors (Lipinski definition) is 5. The summed E-state index contributed by atoms with van der Waals surface area (Å²) >= 11 is 0. The third kappa shape index (κ3) is 4.41. The van der Waals surface area contributed by atoms with Crippen LogP contribution in [0, 0.1) is 0 Å². The highest BCUT2D eigenvalue weighted by atomic mass is 16.5. The number of nitrogens with zero attached hydrogens (tertiary/aromatic N) is 2. The van der Waals surface area contributed by atoms with Crippen LogP contribution in [0.5, 0.6) is 0 Å². The molecule has 2 aromatic rings. The highest BCUT2D eigenvalue weighted by Gasteiger charge is 2.24. The Kier molecular flexibility index (Phi) is 5.02. The number of amides is 2. The molecule has 1 heterocycles. The molecule has 0 unspecified atom stereocenters. The summed E-state index contributed by atoms with van der Waals surface area (Å²) in [4.78, 5) is 27.6. The van der Waals surface area contributed by atoms with Gasteiger partial charge in [0.05, 0.1) is 0 Å². The van der Waals surface area contributed by atoms with E-state index in [4.69, 9.17) is 4.52 Å². The van der Waals surface area contributed by atoms with Gasteiger partial charge in [0.15, 0.2) is 5.82 Å². The van der Waals surface area contributed by atoms with E-state index >= 15 is 0 Å². The van der Waals surface area contributed by atoms with Gasteiger partial charge in [0.25, 0.3) is 5.91 Å². The molecular weight excluding hydrogens is 308 g/mol. The maximum atomic E-state index is 12.3. The number of carbonyl (C=O) groups excluding carboxylic acids is 2. The number of rotatable bonds is 4. The molecule has 0 aliphatic heterocycles. The van der Waals surface area contributed by atoms with E-state index in [1.807, 2.05) is 20.8 Å². The van der Waals surface area contributed by atoms with E-state index in [1.165, 1.54) is 6.92 Å². The van der Waals surface area contributed by atoms with E-state index in [2.05, 4.69) is 20.8 Å². The lowest BCUT2D eigenvalue weighted by Crippen LogP contribution is -2.27. The quantitative estimate of drug-likeness (QED) is 0.898. The van der Waals surface area contributed by atoms with Crippen molar-refractivity contribution in [3.05, 3.63) is 41.5 Å². The van der Waals surface area contributed by atoms with Crippen molar-refractivity contribution in [2.75, 3.05) is 5.32 Å². The first-order valence-electron chi connectivity index (χ1n) is 7.69. The zero-order chi connectivity index (χ0) is 17.9. The fourth-order valence-corrected chi connectivity index (χ4v) is 1.97. The Morgan fingerprint density at radius 3 is 2.29 bits per heavy atom. The number of benzene rings is 1. The summed E-state index contributed by atoms with van der Waals surface area (Å²) in [5.74, 6) is 0.542. The summed E-state index contributed by atoms with van der Waals surface area (Å²) in [7, 11) is 0. The van der Waals surface area contributed by atoms with Crippen molar-refractivity contribution in [1.82, 2.24) is 15.5 Å². The number of aromatic nitrogens is 2. The molecule has 0 fully saturated rings. The maximum Gasteiger partial charge on any atom is 0.251 e. The van der Waals surface area contributed by atoms with Crippen molar-refractivity contribution < 1.29 is 14.1 Å². The van der Waals surface area contributed by atoms with Crippen LogP contribution in [0.25, 0.3) is 0 Å². The number of carbonyl (C=O) groups is 2. The zero-order valence-corrected chi connectivity index (χ0v) is 14.5. The topological polar surface area (TPSA) is 97.1 Å². The standard InChI is InChI=1S/C17H22N4O3/c1-10(15-20-16(21-24-15)17(3,4)5)18-14(23)12-6-8-13(9-7-12)19-11(2)22/h6-10H,1-5H3,(H,18,23)(H,19,22)/t10-/m0/s1. The Hall–Kier alpha value is -2.70. The molecule has 2 rings (SSSR count). The van der Waals surface area contributed by atoms with E-state index in [0.29, 0.717) is 23.0 Å². The molecule has 7 nitrogen and oxygen atoms in total. The van der Waals surface area contributed by atoms with Crippen LogP contribution in [-0.2, 0) is 10.2 Å². The molecule has 0 radical (unpaired) electrons. The Morgan fingerprint density at radius 2 is 1.79 bits per heavy atom. The van der Waals surface area contributed by atoms with Gasteiger partial charge in [0.1, 0.15) is 6.04 Å². The second kappa shape index (κ2) is 6.82.